The number of methoxy groups -OCH3 is 1. The number of Topliss-reactive ketones (excluding diaryl/α,β-unsaturated/α-hetero) is 1. The number of halogens is 1. The number of carbonyl (C=O) groups excluding carboxylic acids is 2. The second kappa shape index (κ2) is 11.6. The van der Waals surface area contributed by atoms with Crippen LogP contribution in [-0.2, 0) is 32.6 Å². The highest BCUT2D eigenvalue weighted by Crippen LogP contribution is 2.32. The normalized spacial score (nSPS) is 16.1. The predicted octanol–water partition coefficient (Wildman–Crippen LogP) is 5.12. The Bertz CT molecular complexity index is 1320. The largest absolute Gasteiger partial charge is 0.489 e. The van der Waals surface area contributed by atoms with Crippen LogP contribution >= 0.6 is 22.9 Å². The first-order valence-electron chi connectivity index (χ1n) is 11.5. The Morgan fingerprint density at radius 1 is 1.03 bits per heavy atom. The molecular weight excluding hydrogens is 522 g/mol. The number of nitrogens with zero attached hydrogens (tertiary/aromatic N) is 1. The van der Waals surface area contributed by atoms with E-state index in [2.05, 4.69) is 4.74 Å². The van der Waals surface area contributed by atoms with Crippen LogP contribution in [0.15, 0.2) is 64.9 Å². The lowest BCUT2D eigenvalue weighted by molar-refractivity contribution is -0.122. The third-order valence-electron chi connectivity index (χ3n) is 6.05. The van der Waals surface area contributed by atoms with Crippen LogP contribution in [0.25, 0.3) is 0 Å². The minimum absolute atomic E-state index is 0.0680. The van der Waals surface area contributed by atoms with E-state index in [9.17, 15) is 18.0 Å². The number of benzene rings is 2. The van der Waals surface area contributed by atoms with Gasteiger partial charge in [0.2, 0.25) is 0 Å². The third kappa shape index (κ3) is 6.15. The van der Waals surface area contributed by atoms with E-state index >= 15 is 0 Å². The van der Waals surface area contributed by atoms with E-state index in [1.54, 1.807) is 30.3 Å². The zero-order chi connectivity index (χ0) is 25.7. The fourth-order valence-electron chi connectivity index (χ4n) is 4.11. The third-order valence-corrected chi connectivity index (χ3v) is 9.66. The van der Waals surface area contributed by atoms with Crippen LogP contribution in [0.4, 0.5) is 0 Å². The van der Waals surface area contributed by atoms with Crippen molar-refractivity contribution < 1.29 is 27.5 Å². The van der Waals surface area contributed by atoms with Crippen LogP contribution in [0.2, 0.25) is 4.34 Å². The maximum absolute atomic E-state index is 13.0. The smallest absolute Gasteiger partial charge is 0.337 e. The molecule has 4 rings (SSSR count). The quantitative estimate of drug-likeness (QED) is 0.327. The van der Waals surface area contributed by atoms with E-state index in [-0.39, 0.29) is 16.4 Å². The molecule has 1 aliphatic heterocycles. The van der Waals surface area contributed by atoms with Gasteiger partial charge in [-0.1, -0.05) is 35.9 Å². The number of hydrogen-bond acceptors (Lipinski definition) is 7. The Morgan fingerprint density at radius 3 is 2.36 bits per heavy atom. The molecule has 1 saturated heterocycles. The molecule has 2 heterocycles. The average molecular weight is 548 g/mol. The zero-order valence-corrected chi connectivity index (χ0v) is 22.1. The molecule has 7 nitrogen and oxygen atoms in total. The SMILES string of the molecule is COC(=O)c1ccc(OCc2ccc(CCC(=O)[C@@H]3CCCN3S(=O)(=O)c3ccc(Cl)s3)cc2)cc1. The number of aryl methyl sites for hydroxylation is 1. The van der Waals surface area contributed by atoms with Crippen LogP contribution in [0.5, 0.6) is 5.75 Å². The fraction of sp³-hybridized carbons (Fsp3) is 0.308. The van der Waals surface area contributed by atoms with Gasteiger partial charge in [0, 0.05) is 13.0 Å². The molecule has 1 aromatic heterocycles. The summed E-state index contributed by atoms with van der Waals surface area (Å²) < 4.78 is 38.3. The second-order valence-corrected chi connectivity index (χ2v) is 12.3. The number of ketones is 1. The van der Waals surface area contributed by atoms with E-state index in [4.69, 9.17) is 16.3 Å². The Kier molecular flexibility index (Phi) is 8.46. The molecular formula is C26H26ClNO6S2. The van der Waals surface area contributed by atoms with Gasteiger partial charge in [0.15, 0.2) is 5.78 Å². The van der Waals surface area contributed by atoms with E-state index in [0.717, 1.165) is 22.5 Å². The van der Waals surface area contributed by atoms with Crippen LogP contribution in [0.1, 0.15) is 40.7 Å². The Balaban J connectivity index is 1.29. The number of sulfonamides is 1. The first-order valence-corrected chi connectivity index (χ1v) is 14.1. The molecule has 36 heavy (non-hydrogen) atoms. The van der Waals surface area contributed by atoms with Crippen LogP contribution in [0.3, 0.4) is 0 Å². The van der Waals surface area contributed by atoms with Gasteiger partial charge in [-0.3, -0.25) is 4.79 Å². The highest BCUT2D eigenvalue weighted by Gasteiger charge is 2.39. The Morgan fingerprint density at radius 2 is 1.72 bits per heavy atom. The van der Waals surface area contributed by atoms with Crippen LogP contribution in [0, 0.1) is 0 Å². The molecule has 3 aromatic rings. The standard InChI is InChI=1S/C26H26ClNO6S2/c1-33-26(30)20-9-11-21(12-10-20)34-17-19-6-4-18(5-7-19)8-13-23(29)22-3-2-16-28(22)36(31,32)25-15-14-24(27)35-25/h4-7,9-12,14-15,22H,2-3,8,13,16-17H2,1H3/t22-/m0/s1. The molecule has 0 unspecified atom stereocenters. The van der Waals surface area contributed by atoms with Crippen LogP contribution in [-0.4, -0.2) is 44.2 Å². The van der Waals surface area contributed by atoms with E-state index in [1.807, 2.05) is 24.3 Å². The molecule has 0 saturated carbocycles. The van der Waals surface area contributed by atoms with Crippen molar-refractivity contribution in [3.8, 4) is 5.75 Å². The molecule has 1 fully saturated rings. The summed E-state index contributed by atoms with van der Waals surface area (Å²) in [6.07, 6.45) is 2.00. The molecule has 0 amide bonds. The summed E-state index contributed by atoms with van der Waals surface area (Å²) in [6, 6.07) is 16.9. The van der Waals surface area contributed by atoms with Gasteiger partial charge in [0.25, 0.3) is 10.0 Å². The molecule has 0 radical (unpaired) electrons. The van der Waals surface area contributed by atoms with E-state index < -0.39 is 22.0 Å². The molecule has 0 spiro atoms. The van der Waals surface area contributed by atoms with E-state index in [0.29, 0.717) is 48.1 Å². The summed E-state index contributed by atoms with van der Waals surface area (Å²) in [5, 5.41) is 0. The van der Waals surface area contributed by atoms with Crippen molar-refractivity contribution in [1.29, 1.82) is 0 Å². The lowest BCUT2D eigenvalue weighted by Gasteiger charge is -2.22. The summed E-state index contributed by atoms with van der Waals surface area (Å²) >= 11 is 6.93. The maximum atomic E-state index is 13.0. The van der Waals surface area contributed by atoms with Gasteiger partial charge in [0.1, 0.15) is 16.6 Å². The van der Waals surface area contributed by atoms with Gasteiger partial charge < -0.3 is 9.47 Å². The van der Waals surface area contributed by atoms with Gasteiger partial charge in [0.05, 0.1) is 23.1 Å². The van der Waals surface area contributed by atoms with Crippen molar-refractivity contribution in [2.24, 2.45) is 0 Å². The van der Waals surface area contributed by atoms with Crippen molar-refractivity contribution in [3.63, 3.8) is 0 Å². The molecule has 0 bridgehead atoms. The Labute approximate surface area is 219 Å². The van der Waals surface area contributed by atoms with Crippen molar-refractivity contribution in [3.05, 3.63) is 81.7 Å². The van der Waals surface area contributed by atoms with Gasteiger partial charge in [-0.05, 0) is 66.8 Å². The lowest BCUT2D eigenvalue weighted by Crippen LogP contribution is -2.40. The predicted molar refractivity (Wildman–Crippen MR) is 138 cm³/mol. The maximum Gasteiger partial charge on any atom is 0.337 e. The molecule has 1 aliphatic rings. The van der Waals surface area contributed by atoms with Gasteiger partial charge in [-0.2, -0.15) is 4.31 Å². The minimum Gasteiger partial charge on any atom is -0.489 e. The van der Waals surface area contributed by atoms with Crippen molar-refractivity contribution >= 4 is 44.7 Å². The lowest BCUT2D eigenvalue weighted by atomic mass is 10.0. The summed E-state index contributed by atoms with van der Waals surface area (Å²) in [7, 11) is -2.39. The first-order chi connectivity index (χ1) is 17.3. The number of rotatable bonds is 10. The topological polar surface area (TPSA) is 90.0 Å². The summed E-state index contributed by atoms with van der Waals surface area (Å²) in [6.45, 7) is 0.701. The molecule has 0 aliphatic carbocycles. The van der Waals surface area contributed by atoms with Crippen molar-refractivity contribution in [2.75, 3.05) is 13.7 Å². The summed E-state index contributed by atoms with van der Waals surface area (Å²) in [5.74, 6) is 0.171. The van der Waals surface area contributed by atoms with Crippen molar-refractivity contribution in [1.82, 2.24) is 4.31 Å². The first kappa shape index (κ1) is 26.3. The molecule has 0 N–H and O–H groups in total. The summed E-state index contributed by atoms with van der Waals surface area (Å²) in [5.41, 5.74) is 2.41. The van der Waals surface area contributed by atoms with Crippen molar-refractivity contribution in [2.45, 2.75) is 42.5 Å². The zero-order valence-electron chi connectivity index (χ0n) is 19.7. The minimum atomic E-state index is -3.73. The number of ether oxygens (including phenoxy) is 2. The second-order valence-electron chi connectivity index (χ2n) is 8.42. The molecule has 2 aromatic carbocycles. The monoisotopic (exact) mass is 547 g/mol. The molecule has 1 atom stereocenters. The van der Waals surface area contributed by atoms with Crippen LogP contribution < -0.4 is 4.74 Å². The number of esters is 1. The highest BCUT2D eigenvalue weighted by molar-refractivity contribution is 7.91. The van der Waals surface area contributed by atoms with Gasteiger partial charge in [-0.25, -0.2) is 13.2 Å². The summed E-state index contributed by atoms with van der Waals surface area (Å²) in [4.78, 5) is 24.5. The average Bonchev–Trinajstić information content (AvgIpc) is 3.57. The van der Waals surface area contributed by atoms with E-state index in [1.165, 1.54) is 17.5 Å². The highest BCUT2D eigenvalue weighted by atomic mass is 35.5. The fourth-order valence-corrected chi connectivity index (χ4v) is 7.40. The number of thiophene rings is 1. The molecule has 10 heteroatoms. The number of hydrogen-bond donors (Lipinski definition) is 0. The molecule has 190 valence electrons. The van der Waals surface area contributed by atoms with Gasteiger partial charge >= 0.3 is 5.97 Å². The Hall–Kier alpha value is -2.72. The number of carbonyl (C=O) groups is 2. The van der Waals surface area contributed by atoms with Gasteiger partial charge in [-0.15, -0.1) is 11.3 Å².